The number of imidazole rings is 1. The molecule has 1 aromatic carbocycles. The molecule has 0 bridgehead atoms. The molecule has 19 heavy (non-hydrogen) atoms. The van der Waals surface area contributed by atoms with Crippen molar-refractivity contribution in [3.05, 3.63) is 29.7 Å². The van der Waals surface area contributed by atoms with E-state index >= 15 is 0 Å². The molecule has 1 heterocycles. The molecule has 0 aliphatic heterocycles. The van der Waals surface area contributed by atoms with Crippen LogP contribution in [0.2, 0.25) is 0 Å². The number of ether oxygens (including phenoxy) is 2. The number of hydrogen-bond donors (Lipinski definition) is 0. The van der Waals surface area contributed by atoms with Gasteiger partial charge in [-0.15, -0.1) is 0 Å². The molecule has 0 fully saturated rings. The fourth-order valence-electron chi connectivity index (χ4n) is 2.00. The molecule has 0 aliphatic carbocycles. The molecule has 0 atom stereocenters. The minimum Gasteiger partial charge on any atom is -0.493 e. The first kappa shape index (κ1) is 13.0. The Kier molecular flexibility index (Phi) is 3.43. The molecule has 0 spiro atoms. The topological polar surface area (TPSA) is 60.1 Å². The number of aromatic nitrogens is 2. The van der Waals surface area contributed by atoms with E-state index in [9.17, 15) is 0 Å². The predicted molar refractivity (Wildman–Crippen MR) is 71.2 cm³/mol. The zero-order valence-corrected chi connectivity index (χ0v) is 11.4. The van der Waals surface area contributed by atoms with E-state index in [1.807, 2.05) is 36.7 Å². The molecule has 0 unspecified atom stereocenters. The highest BCUT2D eigenvalue weighted by Crippen LogP contribution is 2.33. The van der Waals surface area contributed by atoms with Crippen LogP contribution in [0.1, 0.15) is 11.5 Å². The summed E-state index contributed by atoms with van der Waals surface area (Å²) in [5.41, 5.74) is 2.06. The summed E-state index contributed by atoms with van der Waals surface area (Å²) in [5.74, 6) is 2.08. The molecular weight excluding hydrogens is 242 g/mol. The van der Waals surface area contributed by atoms with Crippen molar-refractivity contribution in [2.24, 2.45) is 7.05 Å². The van der Waals surface area contributed by atoms with Crippen LogP contribution in [0.3, 0.4) is 0 Å². The minimum atomic E-state index is 0.409. The van der Waals surface area contributed by atoms with Gasteiger partial charge in [0.2, 0.25) is 0 Å². The van der Waals surface area contributed by atoms with Gasteiger partial charge in [-0.3, -0.25) is 0 Å². The van der Waals surface area contributed by atoms with Crippen LogP contribution in [-0.2, 0) is 7.05 Å². The number of benzene rings is 1. The lowest BCUT2D eigenvalue weighted by molar-refractivity contribution is 0.355. The van der Waals surface area contributed by atoms with Crippen LogP contribution in [0, 0.1) is 18.3 Å². The molecule has 2 rings (SSSR count). The van der Waals surface area contributed by atoms with Crippen LogP contribution < -0.4 is 9.47 Å². The van der Waals surface area contributed by atoms with Crippen LogP contribution in [0.15, 0.2) is 18.2 Å². The van der Waals surface area contributed by atoms with Crippen LogP contribution in [0.25, 0.3) is 11.3 Å². The minimum absolute atomic E-state index is 0.409. The molecule has 5 heteroatoms. The van der Waals surface area contributed by atoms with Crippen LogP contribution in [0.5, 0.6) is 11.5 Å². The van der Waals surface area contributed by atoms with Crippen LogP contribution >= 0.6 is 0 Å². The van der Waals surface area contributed by atoms with Crippen molar-refractivity contribution in [3.63, 3.8) is 0 Å². The molecule has 0 saturated carbocycles. The second kappa shape index (κ2) is 5.02. The maximum Gasteiger partial charge on any atom is 0.166 e. The molecule has 5 nitrogen and oxygen atoms in total. The molecule has 0 N–H and O–H groups in total. The summed E-state index contributed by atoms with van der Waals surface area (Å²) in [4.78, 5) is 4.23. The van der Waals surface area contributed by atoms with Crippen molar-refractivity contribution in [2.45, 2.75) is 6.92 Å². The first-order valence-electron chi connectivity index (χ1n) is 5.78. The SMILES string of the molecule is COc1ccc(-c2c(C#N)nc(C)n2C)cc1OC. The summed E-state index contributed by atoms with van der Waals surface area (Å²) >= 11 is 0. The summed E-state index contributed by atoms with van der Waals surface area (Å²) in [6, 6.07) is 7.67. The molecule has 0 aliphatic rings. The summed E-state index contributed by atoms with van der Waals surface area (Å²) in [6.07, 6.45) is 0. The Labute approximate surface area is 112 Å². The largest absolute Gasteiger partial charge is 0.493 e. The molecule has 1 aromatic heterocycles. The van der Waals surface area contributed by atoms with Crippen molar-refractivity contribution in [3.8, 4) is 28.8 Å². The Hall–Kier alpha value is -2.48. The third-order valence-corrected chi connectivity index (χ3v) is 3.08. The monoisotopic (exact) mass is 257 g/mol. The van der Waals surface area contributed by atoms with Gasteiger partial charge < -0.3 is 14.0 Å². The van der Waals surface area contributed by atoms with Crippen molar-refractivity contribution in [1.82, 2.24) is 9.55 Å². The average molecular weight is 257 g/mol. The molecular formula is C14H15N3O2. The van der Waals surface area contributed by atoms with Gasteiger partial charge in [-0.2, -0.15) is 5.26 Å². The Bertz CT molecular complexity index is 653. The van der Waals surface area contributed by atoms with E-state index in [0.717, 1.165) is 17.1 Å². The smallest absolute Gasteiger partial charge is 0.166 e. The summed E-state index contributed by atoms with van der Waals surface area (Å²) < 4.78 is 12.4. The highest BCUT2D eigenvalue weighted by Gasteiger charge is 2.15. The first-order valence-corrected chi connectivity index (χ1v) is 5.78. The Morgan fingerprint density at radius 1 is 1.21 bits per heavy atom. The van der Waals surface area contributed by atoms with Gasteiger partial charge in [0.15, 0.2) is 17.2 Å². The summed E-state index contributed by atoms with van der Waals surface area (Å²) in [7, 11) is 5.06. The number of hydrogen-bond acceptors (Lipinski definition) is 4. The van der Waals surface area contributed by atoms with Crippen molar-refractivity contribution < 1.29 is 9.47 Å². The molecule has 0 saturated heterocycles. The van der Waals surface area contributed by atoms with Crippen LogP contribution in [0.4, 0.5) is 0 Å². The normalized spacial score (nSPS) is 10.1. The fourth-order valence-corrected chi connectivity index (χ4v) is 2.00. The van der Waals surface area contributed by atoms with E-state index in [1.165, 1.54) is 0 Å². The predicted octanol–water partition coefficient (Wildman–Crippen LogP) is 2.28. The number of methoxy groups -OCH3 is 2. The number of rotatable bonds is 3. The average Bonchev–Trinajstić information content (AvgIpc) is 2.73. The third-order valence-electron chi connectivity index (χ3n) is 3.08. The fraction of sp³-hybridized carbons (Fsp3) is 0.286. The maximum atomic E-state index is 9.16. The first-order chi connectivity index (χ1) is 9.12. The third kappa shape index (κ3) is 2.13. The lowest BCUT2D eigenvalue weighted by Crippen LogP contribution is -1.96. The van der Waals surface area contributed by atoms with Gasteiger partial charge >= 0.3 is 0 Å². The number of nitriles is 1. The van der Waals surface area contributed by atoms with Crippen LogP contribution in [-0.4, -0.2) is 23.8 Å². The van der Waals surface area contributed by atoms with Crippen molar-refractivity contribution >= 4 is 0 Å². The highest BCUT2D eigenvalue weighted by molar-refractivity contribution is 5.69. The van der Waals surface area contributed by atoms with Gasteiger partial charge in [-0.25, -0.2) is 4.98 Å². The standard InChI is InChI=1S/C14H15N3O2/c1-9-16-11(8-15)14(17(9)2)10-5-6-12(18-3)13(7-10)19-4/h5-7H,1-4H3. The van der Waals surface area contributed by atoms with E-state index in [2.05, 4.69) is 11.1 Å². The van der Waals surface area contributed by atoms with E-state index in [4.69, 9.17) is 14.7 Å². The lowest BCUT2D eigenvalue weighted by atomic mass is 10.1. The quantitative estimate of drug-likeness (QED) is 0.846. The van der Waals surface area contributed by atoms with Gasteiger partial charge in [0, 0.05) is 12.6 Å². The van der Waals surface area contributed by atoms with E-state index < -0.39 is 0 Å². The van der Waals surface area contributed by atoms with E-state index in [0.29, 0.717) is 17.2 Å². The summed E-state index contributed by atoms with van der Waals surface area (Å²) in [6.45, 7) is 1.87. The van der Waals surface area contributed by atoms with E-state index in [1.54, 1.807) is 14.2 Å². The second-order valence-corrected chi connectivity index (χ2v) is 4.10. The number of aryl methyl sites for hydroxylation is 1. The molecule has 0 radical (unpaired) electrons. The lowest BCUT2D eigenvalue weighted by Gasteiger charge is -2.10. The number of nitrogens with zero attached hydrogens (tertiary/aromatic N) is 3. The van der Waals surface area contributed by atoms with Crippen molar-refractivity contribution in [1.29, 1.82) is 5.26 Å². The highest BCUT2D eigenvalue weighted by atomic mass is 16.5. The maximum absolute atomic E-state index is 9.16. The Balaban J connectivity index is 2.63. The summed E-state index contributed by atoms with van der Waals surface area (Å²) in [5, 5.41) is 9.16. The van der Waals surface area contributed by atoms with Gasteiger partial charge in [0.1, 0.15) is 11.9 Å². The second-order valence-electron chi connectivity index (χ2n) is 4.10. The molecule has 98 valence electrons. The van der Waals surface area contributed by atoms with Gasteiger partial charge in [0.05, 0.1) is 19.9 Å². The van der Waals surface area contributed by atoms with Gasteiger partial charge in [-0.1, -0.05) is 0 Å². The Morgan fingerprint density at radius 3 is 2.47 bits per heavy atom. The molecule has 2 aromatic rings. The van der Waals surface area contributed by atoms with E-state index in [-0.39, 0.29) is 0 Å². The van der Waals surface area contributed by atoms with Gasteiger partial charge in [0.25, 0.3) is 0 Å². The molecule has 0 amide bonds. The zero-order valence-electron chi connectivity index (χ0n) is 11.4. The Morgan fingerprint density at radius 2 is 1.89 bits per heavy atom. The zero-order chi connectivity index (χ0) is 14.0. The van der Waals surface area contributed by atoms with Gasteiger partial charge in [-0.05, 0) is 25.1 Å². The van der Waals surface area contributed by atoms with Crippen molar-refractivity contribution in [2.75, 3.05) is 14.2 Å².